The predicted molar refractivity (Wildman–Crippen MR) is 97.7 cm³/mol. The van der Waals surface area contributed by atoms with E-state index < -0.39 is 0 Å². The fourth-order valence-corrected chi connectivity index (χ4v) is 2.50. The first-order chi connectivity index (χ1) is 10.5. The quantitative estimate of drug-likeness (QED) is 0.417. The van der Waals surface area contributed by atoms with E-state index in [1.807, 2.05) is 0 Å². The Labute approximate surface area is 135 Å². The number of anilines is 1. The Morgan fingerprint density at radius 3 is 2.23 bits per heavy atom. The van der Waals surface area contributed by atoms with Gasteiger partial charge in [-0.2, -0.15) is 0 Å². The Hall–Kier alpha value is -1.55. The Bertz CT molecular complexity index is 446. The molecule has 1 aromatic rings. The summed E-state index contributed by atoms with van der Waals surface area (Å²) < 4.78 is 0. The highest BCUT2D eigenvalue weighted by Crippen LogP contribution is 2.13. The van der Waals surface area contributed by atoms with Gasteiger partial charge in [-0.25, -0.2) is 0 Å². The summed E-state index contributed by atoms with van der Waals surface area (Å²) in [5.74, 6) is 0.512. The van der Waals surface area contributed by atoms with Crippen molar-refractivity contribution in [3.05, 3.63) is 29.3 Å². The molecule has 0 saturated carbocycles. The second-order valence-corrected chi connectivity index (χ2v) is 6.34. The van der Waals surface area contributed by atoms with Crippen molar-refractivity contribution < 1.29 is 0 Å². The average Bonchev–Trinajstić information content (AvgIpc) is 2.40. The van der Waals surface area contributed by atoms with Gasteiger partial charge in [0.15, 0.2) is 5.96 Å². The third-order valence-electron chi connectivity index (χ3n) is 3.54. The molecule has 3 N–H and O–H groups in total. The summed E-state index contributed by atoms with van der Waals surface area (Å²) in [7, 11) is 4.25. The van der Waals surface area contributed by atoms with Crippen LogP contribution in [0.4, 0.5) is 5.69 Å². The third-order valence-corrected chi connectivity index (χ3v) is 3.54. The van der Waals surface area contributed by atoms with Gasteiger partial charge in [0.1, 0.15) is 0 Å². The number of rotatable bonds is 9. The fraction of sp³-hybridized carbons (Fsp3) is 0.611. The molecule has 0 radical (unpaired) electrons. The van der Waals surface area contributed by atoms with Crippen molar-refractivity contribution in [3.63, 3.8) is 0 Å². The molecule has 0 spiro atoms. The molecule has 4 heteroatoms. The standard InChI is InChI=1S/C18H32N4/c1-15-12-16(2)14-17(13-15)21-18(19)20-10-8-6-5-7-9-11-22(3)4/h12-14H,5-11H2,1-4H3,(H3,19,20,21). The van der Waals surface area contributed by atoms with Gasteiger partial charge < -0.3 is 16.0 Å². The summed E-state index contributed by atoms with van der Waals surface area (Å²) >= 11 is 0. The Kier molecular flexibility index (Phi) is 8.60. The van der Waals surface area contributed by atoms with Crippen LogP contribution in [0.3, 0.4) is 0 Å². The van der Waals surface area contributed by atoms with Gasteiger partial charge in [-0.05, 0) is 70.6 Å². The van der Waals surface area contributed by atoms with Gasteiger partial charge in [0, 0.05) is 12.2 Å². The van der Waals surface area contributed by atoms with Crippen LogP contribution in [0.1, 0.15) is 43.2 Å². The van der Waals surface area contributed by atoms with Crippen LogP contribution in [0.15, 0.2) is 23.2 Å². The largest absolute Gasteiger partial charge is 0.370 e. The number of guanidine groups is 1. The van der Waals surface area contributed by atoms with E-state index in [9.17, 15) is 0 Å². The number of aliphatic imine (C=N–C) groups is 1. The molecule has 0 amide bonds. The lowest BCUT2D eigenvalue weighted by Gasteiger charge is -2.09. The number of nitrogens with two attached hydrogens (primary N) is 1. The summed E-state index contributed by atoms with van der Waals surface area (Å²) in [5.41, 5.74) is 9.41. The third kappa shape index (κ3) is 8.67. The number of benzene rings is 1. The molecule has 0 fully saturated rings. The number of nitrogens with one attached hydrogen (secondary N) is 1. The topological polar surface area (TPSA) is 53.6 Å². The molecule has 1 rings (SSSR count). The summed E-state index contributed by atoms with van der Waals surface area (Å²) in [6, 6.07) is 6.31. The Morgan fingerprint density at radius 1 is 1.00 bits per heavy atom. The zero-order chi connectivity index (χ0) is 16.4. The molecule has 0 unspecified atom stereocenters. The van der Waals surface area contributed by atoms with Crippen molar-refractivity contribution in [3.8, 4) is 0 Å². The minimum Gasteiger partial charge on any atom is -0.370 e. The van der Waals surface area contributed by atoms with Gasteiger partial charge in [-0.1, -0.05) is 25.3 Å². The number of unbranched alkanes of at least 4 members (excludes halogenated alkanes) is 4. The zero-order valence-corrected chi connectivity index (χ0v) is 14.7. The van der Waals surface area contributed by atoms with Gasteiger partial charge in [-0.3, -0.25) is 4.99 Å². The molecule has 0 aliphatic carbocycles. The van der Waals surface area contributed by atoms with E-state index in [2.05, 4.69) is 61.4 Å². The lowest BCUT2D eigenvalue weighted by atomic mass is 10.1. The maximum absolute atomic E-state index is 5.93. The molecule has 0 aromatic heterocycles. The van der Waals surface area contributed by atoms with E-state index in [0.717, 1.165) is 18.7 Å². The highest BCUT2D eigenvalue weighted by molar-refractivity contribution is 5.92. The molecule has 0 saturated heterocycles. The molecular weight excluding hydrogens is 272 g/mol. The highest BCUT2D eigenvalue weighted by atomic mass is 15.1. The first kappa shape index (κ1) is 18.5. The summed E-state index contributed by atoms with van der Waals surface area (Å²) in [5, 5.41) is 3.17. The molecule has 4 nitrogen and oxygen atoms in total. The fourth-order valence-electron chi connectivity index (χ4n) is 2.50. The van der Waals surface area contributed by atoms with Crippen molar-refractivity contribution in [2.45, 2.75) is 46.0 Å². The second-order valence-electron chi connectivity index (χ2n) is 6.34. The molecule has 0 heterocycles. The molecule has 124 valence electrons. The zero-order valence-electron chi connectivity index (χ0n) is 14.7. The monoisotopic (exact) mass is 304 g/mol. The maximum atomic E-state index is 5.93. The Morgan fingerprint density at radius 2 is 1.59 bits per heavy atom. The van der Waals surface area contributed by atoms with Crippen molar-refractivity contribution in [2.75, 3.05) is 32.5 Å². The van der Waals surface area contributed by atoms with Crippen LogP contribution in [0.2, 0.25) is 0 Å². The van der Waals surface area contributed by atoms with Crippen LogP contribution in [0.25, 0.3) is 0 Å². The van der Waals surface area contributed by atoms with E-state index >= 15 is 0 Å². The first-order valence-electron chi connectivity index (χ1n) is 8.27. The summed E-state index contributed by atoms with van der Waals surface area (Å²) in [6.07, 6.45) is 6.21. The van der Waals surface area contributed by atoms with Crippen LogP contribution >= 0.6 is 0 Å². The predicted octanol–water partition coefficient (Wildman–Crippen LogP) is 3.54. The van der Waals surface area contributed by atoms with E-state index in [0.29, 0.717) is 5.96 Å². The van der Waals surface area contributed by atoms with Gasteiger partial charge in [-0.15, -0.1) is 0 Å². The minimum absolute atomic E-state index is 0.512. The van der Waals surface area contributed by atoms with Crippen molar-refractivity contribution in [1.29, 1.82) is 0 Å². The van der Waals surface area contributed by atoms with E-state index in [-0.39, 0.29) is 0 Å². The van der Waals surface area contributed by atoms with Crippen LogP contribution < -0.4 is 11.1 Å². The maximum Gasteiger partial charge on any atom is 0.193 e. The number of aryl methyl sites for hydroxylation is 2. The van der Waals surface area contributed by atoms with Crippen molar-refractivity contribution in [2.24, 2.45) is 10.7 Å². The summed E-state index contributed by atoms with van der Waals surface area (Å²) in [4.78, 5) is 6.64. The van der Waals surface area contributed by atoms with E-state index in [4.69, 9.17) is 5.73 Å². The molecule has 0 bridgehead atoms. The number of hydrogen-bond donors (Lipinski definition) is 2. The van der Waals surface area contributed by atoms with Crippen LogP contribution in [-0.2, 0) is 0 Å². The second kappa shape index (κ2) is 10.2. The summed E-state index contributed by atoms with van der Waals surface area (Å²) in [6.45, 7) is 6.16. The molecule has 0 aliphatic rings. The lowest BCUT2D eigenvalue weighted by molar-refractivity contribution is 0.390. The van der Waals surface area contributed by atoms with Gasteiger partial charge in [0.2, 0.25) is 0 Å². The van der Waals surface area contributed by atoms with Crippen LogP contribution in [0, 0.1) is 13.8 Å². The minimum atomic E-state index is 0.512. The molecule has 0 atom stereocenters. The molecule has 0 aliphatic heterocycles. The SMILES string of the molecule is Cc1cc(C)cc(NC(N)=NCCCCCCCN(C)C)c1. The van der Waals surface area contributed by atoms with Crippen molar-refractivity contribution >= 4 is 11.6 Å². The lowest BCUT2D eigenvalue weighted by Crippen LogP contribution is -2.23. The van der Waals surface area contributed by atoms with Crippen LogP contribution in [0.5, 0.6) is 0 Å². The molecular formula is C18H32N4. The smallest absolute Gasteiger partial charge is 0.193 e. The van der Waals surface area contributed by atoms with Gasteiger partial charge in [0.25, 0.3) is 0 Å². The first-order valence-corrected chi connectivity index (χ1v) is 8.27. The Balaban J connectivity index is 2.18. The number of hydrogen-bond acceptors (Lipinski definition) is 2. The van der Waals surface area contributed by atoms with E-state index in [1.54, 1.807) is 0 Å². The number of nitrogens with zero attached hydrogens (tertiary/aromatic N) is 2. The normalized spacial score (nSPS) is 12.0. The molecule has 22 heavy (non-hydrogen) atoms. The van der Waals surface area contributed by atoms with Gasteiger partial charge >= 0.3 is 0 Å². The van der Waals surface area contributed by atoms with Gasteiger partial charge in [0.05, 0.1) is 0 Å². The van der Waals surface area contributed by atoms with Crippen LogP contribution in [-0.4, -0.2) is 38.0 Å². The highest BCUT2D eigenvalue weighted by Gasteiger charge is 1.98. The van der Waals surface area contributed by atoms with E-state index in [1.165, 1.54) is 43.4 Å². The molecule has 1 aromatic carbocycles. The average molecular weight is 304 g/mol. The van der Waals surface area contributed by atoms with Crippen molar-refractivity contribution in [1.82, 2.24) is 4.90 Å².